The molecule has 0 bridgehead atoms. The summed E-state index contributed by atoms with van der Waals surface area (Å²) in [6.45, 7) is 2.09. The Kier molecular flexibility index (Phi) is 5.52. The van der Waals surface area contributed by atoms with Crippen LogP contribution in [0.15, 0.2) is 23.4 Å². The van der Waals surface area contributed by atoms with Gasteiger partial charge in [-0.05, 0) is 24.8 Å². The molecule has 4 nitrogen and oxygen atoms in total. The van der Waals surface area contributed by atoms with Crippen molar-refractivity contribution in [1.82, 2.24) is 9.55 Å². The lowest BCUT2D eigenvalue weighted by Gasteiger charge is -2.19. The molecule has 0 aliphatic heterocycles. The number of halogens is 1. The number of benzene rings is 1. The second kappa shape index (κ2) is 7.17. The number of hydrogen-bond donors (Lipinski definition) is 1. The molecule has 7 heteroatoms. The minimum Gasteiger partial charge on any atom is -0.481 e. The van der Waals surface area contributed by atoms with Crippen molar-refractivity contribution in [2.45, 2.75) is 24.5 Å². The standard InChI is InChI=1S/C14H17FN2O2S2/c1-3-10(7-20-2)17-12-5-4-9(15)6-11(12)16-14(17)21-8-13(18)19/h4-6,10H,3,7-8H2,1-2H3,(H,18,19). The number of carboxylic acids is 1. The Bertz CT molecular complexity index is 645. The van der Waals surface area contributed by atoms with E-state index in [4.69, 9.17) is 5.11 Å². The zero-order valence-electron chi connectivity index (χ0n) is 11.9. The lowest BCUT2D eigenvalue weighted by molar-refractivity contribution is -0.133. The molecule has 0 radical (unpaired) electrons. The number of hydrogen-bond acceptors (Lipinski definition) is 4. The van der Waals surface area contributed by atoms with Gasteiger partial charge in [0.2, 0.25) is 0 Å². The minimum atomic E-state index is -0.886. The Morgan fingerprint density at radius 2 is 2.29 bits per heavy atom. The fourth-order valence-corrected chi connectivity index (χ4v) is 3.77. The SMILES string of the molecule is CCC(CSC)n1c(SCC(=O)O)nc2cc(F)ccc21. The van der Waals surface area contributed by atoms with Crippen molar-refractivity contribution < 1.29 is 14.3 Å². The topological polar surface area (TPSA) is 55.1 Å². The van der Waals surface area contributed by atoms with Gasteiger partial charge < -0.3 is 9.67 Å². The van der Waals surface area contributed by atoms with Crippen LogP contribution in [0.25, 0.3) is 11.0 Å². The molecule has 1 N–H and O–H groups in total. The van der Waals surface area contributed by atoms with Crippen LogP contribution in [0.3, 0.4) is 0 Å². The Morgan fingerprint density at radius 3 is 2.90 bits per heavy atom. The first-order valence-electron chi connectivity index (χ1n) is 6.57. The van der Waals surface area contributed by atoms with Gasteiger partial charge in [0.15, 0.2) is 5.16 Å². The Balaban J connectivity index is 2.50. The summed E-state index contributed by atoms with van der Waals surface area (Å²) in [5, 5.41) is 9.50. The number of rotatable bonds is 7. The predicted molar refractivity (Wildman–Crippen MR) is 85.8 cm³/mol. The van der Waals surface area contributed by atoms with Crippen LogP contribution in [-0.4, -0.2) is 38.4 Å². The average molecular weight is 328 g/mol. The first-order valence-corrected chi connectivity index (χ1v) is 8.95. The minimum absolute atomic E-state index is 0.0541. The van der Waals surface area contributed by atoms with Crippen molar-refractivity contribution in [1.29, 1.82) is 0 Å². The predicted octanol–water partition coefficient (Wildman–Crippen LogP) is 3.67. The molecule has 0 aliphatic rings. The van der Waals surface area contributed by atoms with Crippen molar-refractivity contribution in [3.8, 4) is 0 Å². The van der Waals surface area contributed by atoms with Gasteiger partial charge >= 0.3 is 5.97 Å². The maximum absolute atomic E-state index is 13.4. The van der Waals surface area contributed by atoms with E-state index in [2.05, 4.69) is 11.9 Å². The molecule has 0 amide bonds. The molecule has 0 fully saturated rings. The summed E-state index contributed by atoms with van der Waals surface area (Å²) in [7, 11) is 0. The Morgan fingerprint density at radius 1 is 1.52 bits per heavy atom. The highest BCUT2D eigenvalue weighted by Gasteiger charge is 2.19. The highest BCUT2D eigenvalue weighted by Crippen LogP contribution is 2.31. The molecule has 21 heavy (non-hydrogen) atoms. The van der Waals surface area contributed by atoms with Crippen LogP contribution in [0.2, 0.25) is 0 Å². The molecule has 1 aromatic heterocycles. The van der Waals surface area contributed by atoms with Crippen molar-refractivity contribution in [2.24, 2.45) is 0 Å². The monoisotopic (exact) mass is 328 g/mol. The lowest BCUT2D eigenvalue weighted by atomic mass is 10.2. The van der Waals surface area contributed by atoms with Crippen LogP contribution in [0, 0.1) is 5.82 Å². The molecule has 1 unspecified atom stereocenters. The van der Waals surface area contributed by atoms with Gasteiger partial charge in [-0.15, -0.1) is 0 Å². The highest BCUT2D eigenvalue weighted by molar-refractivity contribution is 7.99. The summed E-state index contributed by atoms with van der Waals surface area (Å²) < 4.78 is 15.4. The molecule has 0 saturated carbocycles. The summed E-state index contributed by atoms with van der Waals surface area (Å²) >= 11 is 2.91. The number of nitrogens with zero attached hydrogens (tertiary/aromatic N) is 2. The maximum Gasteiger partial charge on any atom is 0.313 e. The van der Waals surface area contributed by atoms with E-state index in [0.29, 0.717) is 10.7 Å². The zero-order chi connectivity index (χ0) is 15.4. The summed E-state index contributed by atoms with van der Waals surface area (Å²) in [5.74, 6) is -0.371. The number of aromatic nitrogens is 2. The summed E-state index contributed by atoms with van der Waals surface area (Å²) in [5.41, 5.74) is 1.42. The van der Waals surface area contributed by atoms with Crippen molar-refractivity contribution in [2.75, 3.05) is 17.8 Å². The van der Waals surface area contributed by atoms with E-state index in [1.807, 2.05) is 10.8 Å². The third-order valence-electron chi connectivity index (χ3n) is 3.14. The van der Waals surface area contributed by atoms with Crippen molar-refractivity contribution >= 4 is 40.5 Å². The fourth-order valence-electron chi connectivity index (χ4n) is 2.20. The van der Waals surface area contributed by atoms with E-state index in [0.717, 1.165) is 17.7 Å². The fraction of sp³-hybridized carbons (Fsp3) is 0.429. The first-order chi connectivity index (χ1) is 10.1. The highest BCUT2D eigenvalue weighted by atomic mass is 32.2. The molecule has 1 aromatic carbocycles. The quantitative estimate of drug-likeness (QED) is 0.786. The second-order valence-corrected chi connectivity index (χ2v) is 6.45. The molecule has 0 saturated heterocycles. The van der Waals surface area contributed by atoms with Gasteiger partial charge in [0, 0.05) is 17.9 Å². The molecular formula is C14H17FN2O2S2. The van der Waals surface area contributed by atoms with E-state index in [9.17, 15) is 9.18 Å². The molecular weight excluding hydrogens is 311 g/mol. The molecule has 2 rings (SSSR count). The van der Waals surface area contributed by atoms with Crippen LogP contribution < -0.4 is 0 Å². The Hall–Kier alpha value is -1.21. The van der Waals surface area contributed by atoms with Gasteiger partial charge in [0.25, 0.3) is 0 Å². The van der Waals surface area contributed by atoms with E-state index in [-0.39, 0.29) is 17.6 Å². The van der Waals surface area contributed by atoms with Crippen LogP contribution in [0.1, 0.15) is 19.4 Å². The average Bonchev–Trinajstić information content (AvgIpc) is 2.79. The zero-order valence-corrected chi connectivity index (χ0v) is 13.5. The van der Waals surface area contributed by atoms with E-state index in [1.54, 1.807) is 17.8 Å². The van der Waals surface area contributed by atoms with Gasteiger partial charge in [0.1, 0.15) is 5.82 Å². The molecule has 114 valence electrons. The summed E-state index contributed by atoms with van der Waals surface area (Å²) in [6, 6.07) is 4.73. The van der Waals surface area contributed by atoms with Gasteiger partial charge in [-0.25, -0.2) is 9.37 Å². The summed E-state index contributed by atoms with van der Waals surface area (Å²) in [4.78, 5) is 15.2. The number of fused-ring (bicyclic) bond motifs is 1. The summed E-state index contributed by atoms with van der Waals surface area (Å²) in [6.07, 6.45) is 2.94. The smallest absolute Gasteiger partial charge is 0.313 e. The molecule has 0 spiro atoms. The van der Waals surface area contributed by atoms with Gasteiger partial charge in [-0.3, -0.25) is 4.79 Å². The van der Waals surface area contributed by atoms with Crippen LogP contribution in [0.4, 0.5) is 4.39 Å². The van der Waals surface area contributed by atoms with Crippen molar-refractivity contribution in [3.05, 3.63) is 24.0 Å². The number of carbonyl (C=O) groups is 1. The largest absolute Gasteiger partial charge is 0.481 e. The number of imidazole rings is 1. The molecule has 1 heterocycles. The third kappa shape index (κ3) is 3.71. The van der Waals surface area contributed by atoms with Crippen LogP contribution in [0.5, 0.6) is 0 Å². The van der Waals surface area contributed by atoms with Crippen molar-refractivity contribution in [3.63, 3.8) is 0 Å². The number of thioether (sulfide) groups is 2. The van der Waals surface area contributed by atoms with E-state index >= 15 is 0 Å². The third-order valence-corrected chi connectivity index (χ3v) is 4.79. The molecule has 2 aromatic rings. The molecule has 0 aliphatic carbocycles. The van der Waals surface area contributed by atoms with Gasteiger partial charge in [0.05, 0.1) is 16.8 Å². The Labute approximate surface area is 131 Å². The van der Waals surface area contributed by atoms with Crippen LogP contribution >= 0.6 is 23.5 Å². The number of carboxylic acid groups (broad SMARTS) is 1. The maximum atomic E-state index is 13.4. The normalized spacial score (nSPS) is 12.7. The van der Waals surface area contributed by atoms with Gasteiger partial charge in [-0.2, -0.15) is 11.8 Å². The van der Waals surface area contributed by atoms with Gasteiger partial charge in [-0.1, -0.05) is 18.7 Å². The van der Waals surface area contributed by atoms with E-state index < -0.39 is 5.97 Å². The second-order valence-electron chi connectivity index (χ2n) is 4.60. The first kappa shape index (κ1) is 16.2. The van der Waals surface area contributed by atoms with Crippen LogP contribution in [-0.2, 0) is 4.79 Å². The number of aliphatic carboxylic acids is 1. The van der Waals surface area contributed by atoms with E-state index in [1.165, 1.54) is 23.9 Å². The molecule has 1 atom stereocenters. The lowest BCUT2D eigenvalue weighted by Crippen LogP contribution is -2.12.